The van der Waals surface area contributed by atoms with E-state index in [1.807, 2.05) is 4.90 Å². The monoisotopic (exact) mass is 212 g/mol. The number of ether oxygens (including phenoxy) is 1. The van der Waals surface area contributed by atoms with Crippen LogP contribution >= 0.6 is 0 Å². The summed E-state index contributed by atoms with van der Waals surface area (Å²) < 4.78 is 5.23. The number of rotatable bonds is 3. The summed E-state index contributed by atoms with van der Waals surface area (Å²) >= 11 is 0. The molecule has 0 aromatic heterocycles. The van der Waals surface area contributed by atoms with E-state index in [2.05, 4.69) is 0 Å². The van der Waals surface area contributed by atoms with Crippen molar-refractivity contribution in [1.29, 1.82) is 0 Å². The number of nitrogens with two attached hydrogens (primary N) is 1. The molecular weight excluding hydrogens is 192 g/mol. The van der Waals surface area contributed by atoms with Crippen molar-refractivity contribution in [3.05, 3.63) is 0 Å². The van der Waals surface area contributed by atoms with Gasteiger partial charge in [0.25, 0.3) is 0 Å². The molecule has 1 aliphatic heterocycles. The number of hydrogen-bond acceptors (Lipinski definition) is 3. The van der Waals surface area contributed by atoms with Crippen molar-refractivity contribution in [2.75, 3.05) is 32.8 Å². The molecule has 0 spiro atoms. The van der Waals surface area contributed by atoms with E-state index >= 15 is 0 Å². The van der Waals surface area contributed by atoms with Crippen LogP contribution < -0.4 is 5.73 Å². The lowest BCUT2D eigenvalue weighted by Gasteiger charge is -2.42. The van der Waals surface area contributed by atoms with Gasteiger partial charge in [-0.2, -0.15) is 0 Å². The number of hydrogen-bond donors (Lipinski definition) is 1. The molecule has 0 unspecified atom stereocenters. The first kappa shape index (κ1) is 10.9. The third-order valence-electron chi connectivity index (χ3n) is 3.74. The summed E-state index contributed by atoms with van der Waals surface area (Å²) in [6.07, 6.45) is 4.12. The maximum Gasteiger partial charge on any atom is 0.223 e. The number of carbonyl (C=O) groups is 1. The van der Waals surface area contributed by atoms with Crippen LogP contribution in [0.25, 0.3) is 0 Å². The molecule has 2 fully saturated rings. The molecular formula is C11H20N2O2. The van der Waals surface area contributed by atoms with Gasteiger partial charge in [-0.05, 0) is 24.8 Å². The Morgan fingerprint density at radius 3 is 2.47 bits per heavy atom. The van der Waals surface area contributed by atoms with E-state index in [1.165, 1.54) is 6.42 Å². The van der Waals surface area contributed by atoms with Crippen LogP contribution in [0.5, 0.6) is 0 Å². The van der Waals surface area contributed by atoms with Crippen molar-refractivity contribution < 1.29 is 9.53 Å². The molecule has 4 nitrogen and oxygen atoms in total. The normalized spacial score (nSPS) is 24.7. The van der Waals surface area contributed by atoms with Gasteiger partial charge >= 0.3 is 0 Å². The summed E-state index contributed by atoms with van der Waals surface area (Å²) in [7, 11) is 0. The second kappa shape index (κ2) is 4.49. The van der Waals surface area contributed by atoms with Crippen LogP contribution in [-0.2, 0) is 9.53 Å². The highest BCUT2D eigenvalue weighted by Crippen LogP contribution is 2.43. The van der Waals surface area contributed by atoms with E-state index in [0.717, 1.165) is 25.9 Å². The van der Waals surface area contributed by atoms with Crippen molar-refractivity contribution in [2.24, 2.45) is 11.1 Å². The van der Waals surface area contributed by atoms with Gasteiger partial charge in [-0.1, -0.05) is 6.42 Å². The summed E-state index contributed by atoms with van der Waals surface area (Å²) in [5.41, 5.74) is 5.89. The highest BCUT2D eigenvalue weighted by molar-refractivity contribution is 5.77. The first-order valence-electron chi connectivity index (χ1n) is 5.81. The van der Waals surface area contributed by atoms with Gasteiger partial charge in [0.15, 0.2) is 0 Å². The lowest BCUT2D eigenvalue weighted by Crippen LogP contribution is -2.46. The summed E-state index contributed by atoms with van der Waals surface area (Å²) in [4.78, 5) is 13.9. The standard InChI is InChI=1S/C11H20N2O2/c12-9-11(2-1-3-11)8-10(14)13-4-6-15-7-5-13/h1-9,12H2. The minimum Gasteiger partial charge on any atom is -0.378 e. The van der Waals surface area contributed by atoms with E-state index in [-0.39, 0.29) is 11.3 Å². The molecule has 1 saturated heterocycles. The highest BCUT2D eigenvalue weighted by atomic mass is 16.5. The molecule has 0 bridgehead atoms. The molecule has 15 heavy (non-hydrogen) atoms. The van der Waals surface area contributed by atoms with Gasteiger partial charge in [-0.3, -0.25) is 4.79 Å². The molecule has 4 heteroatoms. The van der Waals surface area contributed by atoms with Crippen LogP contribution in [0.15, 0.2) is 0 Å². The molecule has 1 amide bonds. The van der Waals surface area contributed by atoms with Crippen molar-refractivity contribution in [2.45, 2.75) is 25.7 Å². The molecule has 2 aliphatic rings. The Hall–Kier alpha value is -0.610. The lowest BCUT2D eigenvalue weighted by molar-refractivity contribution is -0.139. The van der Waals surface area contributed by atoms with Crippen LogP contribution in [0, 0.1) is 5.41 Å². The van der Waals surface area contributed by atoms with E-state index in [9.17, 15) is 4.79 Å². The van der Waals surface area contributed by atoms with Crippen molar-refractivity contribution in [1.82, 2.24) is 4.90 Å². The van der Waals surface area contributed by atoms with Crippen LogP contribution in [0.1, 0.15) is 25.7 Å². The topological polar surface area (TPSA) is 55.6 Å². The average Bonchev–Trinajstić information content (AvgIpc) is 2.24. The molecule has 1 saturated carbocycles. The molecule has 1 aliphatic carbocycles. The Kier molecular flexibility index (Phi) is 3.26. The fourth-order valence-corrected chi connectivity index (χ4v) is 2.38. The second-order valence-electron chi connectivity index (χ2n) is 4.73. The van der Waals surface area contributed by atoms with E-state index in [1.54, 1.807) is 0 Å². The Morgan fingerprint density at radius 2 is 2.00 bits per heavy atom. The first-order chi connectivity index (χ1) is 7.26. The third-order valence-corrected chi connectivity index (χ3v) is 3.74. The van der Waals surface area contributed by atoms with Crippen LogP contribution in [-0.4, -0.2) is 43.7 Å². The second-order valence-corrected chi connectivity index (χ2v) is 4.73. The van der Waals surface area contributed by atoms with Crippen molar-refractivity contribution in [3.8, 4) is 0 Å². The van der Waals surface area contributed by atoms with Gasteiger partial charge in [0.05, 0.1) is 13.2 Å². The molecule has 86 valence electrons. The average molecular weight is 212 g/mol. The maximum absolute atomic E-state index is 12.0. The molecule has 0 radical (unpaired) electrons. The van der Waals surface area contributed by atoms with Crippen molar-refractivity contribution in [3.63, 3.8) is 0 Å². The summed E-state index contributed by atoms with van der Waals surface area (Å²) in [5.74, 6) is 0.267. The largest absolute Gasteiger partial charge is 0.378 e. The zero-order valence-electron chi connectivity index (χ0n) is 9.21. The summed E-state index contributed by atoms with van der Waals surface area (Å²) in [5, 5.41) is 0. The molecule has 1 heterocycles. The van der Waals surface area contributed by atoms with Crippen LogP contribution in [0.4, 0.5) is 0 Å². The van der Waals surface area contributed by atoms with Gasteiger partial charge in [0.1, 0.15) is 0 Å². The molecule has 0 aromatic rings. The predicted octanol–water partition coefficient (Wildman–Crippen LogP) is 0.364. The van der Waals surface area contributed by atoms with Crippen molar-refractivity contribution >= 4 is 5.91 Å². The van der Waals surface area contributed by atoms with Gasteiger partial charge in [0.2, 0.25) is 5.91 Å². The minimum absolute atomic E-state index is 0.134. The quantitative estimate of drug-likeness (QED) is 0.735. The lowest BCUT2D eigenvalue weighted by atomic mass is 9.66. The Morgan fingerprint density at radius 1 is 1.33 bits per heavy atom. The van der Waals surface area contributed by atoms with E-state index in [0.29, 0.717) is 26.2 Å². The highest BCUT2D eigenvalue weighted by Gasteiger charge is 2.38. The fourth-order valence-electron chi connectivity index (χ4n) is 2.38. The predicted molar refractivity (Wildman–Crippen MR) is 57.4 cm³/mol. The smallest absolute Gasteiger partial charge is 0.223 e. The fraction of sp³-hybridized carbons (Fsp3) is 0.909. The van der Waals surface area contributed by atoms with Gasteiger partial charge < -0.3 is 15.4 Å². The Labute approximate surface area is 90.8 Å². The Bertz CT molecular complexity index is 227. The molecule has 2 N–H and O–H groups in total. The zero-order chi connectivity index (χ0) is 10.7. The zero-order valence-corrected chi connectivity index (χ0v) is 9.21. The van der Waals surface area contributed by atoms with Gasteiger partial charge in [-0.15, -0.1) is 0 Å². The SMILES string of the molecule is NCC1(CC(=O)N2CCOCC2)CCC1. The molecule has 2 rings (SSSR count). The van der Waals surface area contributed by atoms with Crippen LogP contribution in [0.2, 0.25) is 0 Å². The van der Waals surface area contributed by atoms with E-state index < -0.39 is 0 Å². The maximum atomic E-state index is 12.0. The minimum atomic E-state index is 0.134. The number of morpholine rings is 1. The van der Waals surface area contributed by atoms with Gasteiger partial charge in [0, 0.05) is 19.5 Å². The Balaban J connectivity index is 1.85. The first-order valence-corrected chi connectivity index (χ1v) is 5.81. The van der Waals surface area contributed by atoms with Gasteiger partial charge in [-0.25, -0.2) is 0 Å². The number of amides is 1. The molecule has 0 atom stereocenters. The molecule has 0 aromatic carbocycles. The summed E-state index contributed by atoms with van der Waals surface area (Å²) in [6.45, 7) is 3.52. The summed E-state index contributed by atoms with van der Waals surface area (Å²) in [6, 6.07) is 0. The third kappa shape index (κ3) is 2.32. The van der Waals surface area contributed by atoms with Crippen LogP contribution in [0.3, 0.4) is 0 Å². The number of nitrogens with zero attached hydrogens (tertiary/aromatic N) is 1. The van der Waals surface area contributed by atoms with E-state index in [4.69, 9.17) is 10.5 Å². The number of carbonyl (C=O) groups excluding carboxylic acids is 1.